The largest absolute Gasteiger partial charge is 0.326 e. The van der Waals surface area contributed by atoms with Crippen molar-refractivity contribution in [2.75, 3.05) is 5.32 Å². The first-order valence-corrected chi connectivity index (χ1v) is 9.41. The van der Waals surface area contributed by atoms with Gasteiger partial charge in [0.05, 0.1) is 0 Å². The molecule has 3 heteroatoms. The van der Waals surface area contributed by atoms with Crippen molar-refractivity contribution in [3.63, 3.8) is 0 Å². The van der Waals surface area contributed by atoms with Crippen molar-refractivity contribution in [1.82, 2.24) is 0 Å². The van der Waals surface area contributed by atoms with Gasteiger partial charge in [-0.05, 0) is 68.6 Å². The Morgan fingerprint density at radius 2 is 1.57 bits per heavy atom. The van der Waals surface area contributed by atoms with E-state index in [0.717, 1.165) is 48.7 Å². The van der Waals surface area contributed by atoms with Gasteiger partial charge >= 0.3 is 0 Å². The highest BCUT2D eigenvalue weighted by Crippen LogP contribution is 2.52. The fraction of sp³-hybridized carbons (Fsp3) is 0.450. The van der Waals surface area contributed by atoms with Crippen LogP contribution in [0.1, 0.15) is 38.5 Å². The van der Waals surface area contributed by atoms with Crippen molar-refractivity contribution in [3.05, 3.63) is 53.0 Å². The number of fused-ring (bicyclic) bond motifs is 1. The molecule has 0 aliphatic heterocycles. The Morgan fingerprint density at radius 1 is 0.957 bits per heavy atom. The molecule has 2 aliphatic carbocycles. The zero-order valence-electron chi connectivity index (χ0n) is 13.4. The number of benzene rings is 1. The molecule has 122 valence electrons. The molecule has 1 aromatic carbocycles. The maximum absolute atomic E-state index is 12.6. The van der Waals surface area contributed by atoms with E-state index < -0.39 is 0 Å². The highest BCUT2D eigenvalue weighted by atomic mass is 79.9. The van der Waals surface area contributed by atoms with Crippen molar-refractivity contribution >= 4 is 27.5 Å². The molecular formula is C20H24BrNO. The molecule has 0 radical (unpaired) electrons. The Balaban J connectivity index is 1.61. The van der Waals surface area contributed by atoms with Gasteiger partial charge in [-0.25, -0.2) is 0 Å². The van der Waals surface area contributed by atoms with E-state index >= 15 is 0 Å². The number of hydrogen-bond donors (Lipinski definition) is 1. The van der Waals surface area contributed by atoms with Crippen LogP contribution in [0.2, 0.25) is 0 Å². The number of allylic oxidation sites excluding steroid dienone is 4. The van der Waals surface area contributed by atoms with Gasteiger partial charge in [0, 0.05) is 16.1 Å². The van der Waals surface area contributed by atoms with Gasteiger partial charge in [-0.15, -0.1) is 0 Å². The summed E-state index contributed by atoms with van der Waals surface area (Å²) < 4.78 is 0.993. The summed E-state index contributed by atoms with van der Waals surface area (Å²) in [4.78, 5) is 12.6. The Kier molecular flexibility index (Phi) is 5.71. The van der Waals surface area contributed by atoms with Crippen LogP contribution in [0.4, 0.5) is 5.69 Å². The van der Waals surface area contributed by atoms with E-state index in [4.69, 9.17) is 0 Å². The normalized spacial score (nSPS) is 30.2. The summed E-state index contributed by atoms with van der Waals surface area (Å²) in [6, 6.07) is 7.83. The van der Waals surface area contributed by atoms with Gasteiger partial charge in [0.25, 0.3) is 0 Å². The van der Waals surface area contributed by atoms with Gasteiger partial charge in [-0.1, -0.05) is 46.3 Å². The molecule has 0 heterocycles. The molecule has 2 aliphatic rings. The van der Waals surface area contributed by atoms with Gasteiger partial charge in [0.1, 0.15) is 0 Å². The molecule has 1 saturated carbocycles. The van der Waals surface area contributed by atoms with E-state index in [1.165, 1.54) is 0 Å². The monoisotopic (exact) mass is 373 g/mol. The van der Waals surface area contributed by atoms with Crippen LogP contribution in [0.3, 0.4) is 0 Å². The molecule has 1 amide bonds. The van der Waals surface area contributed by atoms with Crippen molar-refractivity contribution < 1.29 is 4.79 Å². The van der Waals surface area contributed by atoms with Crippen LogP contribution in [0.15, 0.2) is 53.0 Å². The fourth-order valence-electron chi connectivity index (χ4n) is 3.65. The van der Waals surface area contributed by atoms with Crippen LogP contribution in [-0.4, -0.2) is 5.91 Å². The van der Waals surface area contributed by atoms with E-state index in [2.05, 4.69) is 45.6 Å². The smallest absolute Gasteiger partial charge is 0.228 e. The quantitative estimate of drug-likeness (QED) is 0.660. The number of halogens is 1. The first kappa shape index (κ1) is 16.5. The van der Waals surface area contributed by atoms with Crippen LogP contribution in [0, 0.1) is 17.8 Å². The standard InChI is InChI=1S/C20H24BrNO/c21-15-10-9-11-16(14-15)22-20(23)19-17-12-7-5-3-1-2-4-6-8-13-18(17)19/h3-6,9-11,14,17-19H,1-2,7-8,12-13H2,(H,22,23)/b5-3-,6-4+/t17-,18-,19?/m0/s1. The molecule has 0 saturated heterocycles. The van der Waals surface area contributed by atoms with Crippen LogP contribution < -0.4 is 5.32 Å². The van der Waals surface area contributed by atoms with Gasteiger partial charge in [0.15, 0.2) is 0 Å². The zero-order valence-corrected chi connectivity index (χ0v) is 15.0. The van der Waals surface area contributed by atoms with E-state index in [-0.39, 0.29) is 11.8 Å². The molecule has 3 rings (SSSR count). The first-order valence-electron chi connectivity index (χ1n) is 8.62. The third-order valence-electron chi connectivity index (χ3n) is 4.89. The van der Waals surface area contributed by atoms with Crippen molar-refractivity contribution in [2.24, 2.45) is 17.8 Å². The van der Waals surface area contributed by atoms with E-state index in [1.54, 1.807) is 0 Å². The number of amides is 1. The van der Waals surface area contributed by atoms with Gasteiger partial charge in [-0.3, -0.25) is 4.79 Å². The number of hydrogen-bond acceptors (Lipinski definition) is 1. The summed E-state index contributed by atoms with van der Waals surface area (Å²) in [5.74, 6) is 1.50. The second-order valence-corrected chi connectivity index (χ2v) is 7.44. The lowest BCUT2D eigenvalue weighted by molar-refractivity contribution is -0.117. The van der Waals surface area contributed by atoms with E-state index in [0.29, 0.717) is 11.8 Å². The molecule has 2 nitrogen and oxygen atoms in total. The Bertz CT molecular complexity index is 583. The van der Waals surface area contributed by atoms with Gasteiger partial charge in [0.2, 0.25) is 5.91 Å². The molecule has 1 fully saturated rings. The van der Waals surface area contributed by atoms with Gasteiger partial charge in [-0.2, -0.15) is 0 Å². The minimum absolute atomic E-state index is 0.191. The number of rotatable bonds is 2. The molecule has 0 spiro atoms. The lowest BCUT2D eigenvalue weighted by Gasteiger charge is -2.05. The van der Waals surface area contributed by atoms with Crippen LogP contribution in [0.5, 0.6) is 0 Å². The summed E-state index contributed by atoms with van der Waals surface area (Å²) in [6.45, 7) is 0. The lowest BCUT2D eigenvalue weighted by Crippen LogP contribution is -2.15. The maximum atomic E-state index is 12.6. The first-order chi connectivity index (χ1) is 11.3. The van der Waals surface area contributed by atoms with Crippen LogP contribution >= 0.6 is 15.9 Å². The van der Waals surface area contributed by atoms with E-state index in [9.17, 15) is 4.79 Å². The van der Waals surface area contributed by atoms with Crippen molar-refractivity contribution in [2.45, 2.75) is 38.5 Å². The Morgan fingerprint density at radius 3 is 2.17 bits per heavy atom. The number of carbonyl (C=O) groups excluding carboxylic acids is 1. The number of anilines is 1. The molecule has 1 N–H and O–H groups in total. The van der Waals surface area contributed by atoms with Crippen molar-refractivity contribution in [1.29, 1.82) is 0 Å². The Hall–Kier alpha value is -1.35. The van der Waals surface area contributed by atoms with Crippen LogP contribution in [0.25, 0.3) is 0 Å². The topological polar surface area (TPSA) is 29.1 Å². The lowest BCUT2D eigenvalue weighted by atomic mass is 10.1. The Labute approximate surface area is 147 Å². The maximum Gasteiger partial charge on any atom is 0.228 e. The summed E-state index contributed by atoms with van der Waals surface area (Å²) in [5.41, 5.74) is 0.881. The third kappa shape index (κ3) is 4.57. The van der Waals surface area contributed by atoms with E-state index in [1.807, 2.05) is 24.3 Å². The third-order valence-corrected chi connectivity index (χ3v) is 5.39. The molecule has 23 heavy (non-hydrogen) atoms. The second kappa shape index (κ2) is 7.96. The van der Waals surface area contributed by atoms with Crippen LogP contribution in [-0.2, 0) is 4.79 Å². The SMILES string of the molecule is O=C(Nc1cccc(Br)c1)C1[C@H]2CC/C=C\CC/C=C/CC[C@H]12. The molecule has 3 atom stereocenters. The molecule has 1 aromatic rings. The van der Waals surface area contributed by atoms with Gasteiger partial charge < -0.3 is 5.32 Å². The highest BCUT2D eigenvalue weighted by Gasteiger charge is 2.52. The number of nitrogens with one attached hydrogen (secondary N) is 1. The molecule has 0 aromatic heterocycles. The summed E-state index contributed by atoms with van der Waals surface area (Å²) in [5, 5.41) is 3.09. The predicted molar refractivity (Wildman–Crippen MR) is 99.2 cm³/mol. The number of carbonyl (C=O) groups is 1. The fourth-order valence-corrected chi connectivity index (χ4v) is 4.05. The molecular weight excluding hydrogens is 350 g/mol. The van der Waals surface area contributed by atoms with Crippen molar-refractivity contribution in [3.8, 4) is 0 Å². The minimum Gasteiger partial charge on any atom is -0.326 e. The second-order valence-electron chi connectivity index (χ2n) is 6.53. The summed E-state index contributed by atoms with van der Waals surface area (Å²) in [6.07, 6.45) is 15.9. The molecule has 0 bridgehead atoms. The average molecular weight is 374 g/mol. The zero-order chi connectivity index (χ0) is 16.1. The molecule has 1 unspecified atom stereocenters. The highest BCUT2D eigenvalue weighted by molar-refractivity contribution is 9.10. The summed E-state index contributed by atoms with van der Waals surface area (Å²) >= 11 is 3.45. The average Bonchev–Trinajstić information content (AvgIpc) is 3.20. The summed E-state index contributed by atoms with van der Waals surface area (Å²) in [7, 11) is 0. The predicted octanol–water partition coefficient (Wildman–Crippen LogP) is 5.72. The minimum atomic E-state index is 0.191.